The lowest BCUT2D eigenvalue weighted by molar-refractivity contribution is 0.0786. The fourth-order valence-corrected chi connectivity index (χ4v) is 2.66. The molecule has 1 rings (SSSR count). The molecule has 0 unspecified atom stereocenters. The third-order valence-corrected chi connectivity index (χ3v) is 3.39. The monoisotopic (exact) mass is 224 g/mol. The van der Waals surface area contributed by atoms with Gasteiger partial charge in [-0.15, -0.1) is 0 Å². The maximum atomic E-state index is 10.8. The first-order valence-corrected chi connectivity index (χ1v) is 5.84. The zero-order valence-corrected chi connectivity index (χ0v) is 10.1. The van der Waals surface area contributed by atoms with Crippen LogP contribution in [0.25, 0.3) is 0 Å². The zero-order chi connectivity index (χ0) is 12.2. The summed E-state index contributed by atoms with van der Waals surface area (Å²) in [6.07, 6.45) is 2.39. The van der Waals surface area contributed by atoms with Crippen LogP contribution in [0, 0.1) is 22.7 Å². The third-order valence-electron chi connectivity index (χ3n) is 3.39. The number of likely N-dealkylation sites (tertiary alicyclic amines) is 1. The van der Waals surface area contributed by atoms with Gasteiger partial charge < -0.3 is 10.0 Å². The van der Waals surface area contributed by atoms with Gasteiger partial charge in [0.2, 0.25) is 0 Å². The Morgan fingerprint density at radius 2 is 2.06 bits per heavy atom. The SMILES string of the molecule is CC(C)CC1(CC#N)CCN(C(=O)O)CC1. The van der Waals surface area contributed by atoms with Crippen LogP contribution in [0.15, 0.2) is 0 Å². The highest BCUT2D eigenvalue weighted by molar-refractivity contribution is 5.65. The first-order valence-electron chi connectivity index (χ1n) is 5.84. The van der Waals surface area contributed by atoms with Gasteiger partial charge in [-0.3, -0.25) is 0 Å². The highest BCUT2D eigenvalue weighted by atomic mass is 16.4. The molecule has 0 aromatic carbocycles. The Hall–Kier alpha value is -1.24. The lowest BCUT2D eigenvalue weighted by atomic mass is 9.71. The number of carbonyl (C=O) groups is 1. The van der Waals surface area contributed by atoms with Crippen molar-refractivity contribution in [1.29, 1.82) is 5.26 Å². The fourth-order valence-electron chi connectivity index (χ4n) is 2.66. The van der Waals surface area contributed by atoms with Crippen LogP contribution >= 0.6 is 0 Å². The zero-order valence-electron chi connectivity index (χ0n) is 10.1. The van der Waals surface area contributed by atoms with E-state index in [1.54, 1.807) is 0 Å². The van der Waals surface area contributed by atoms with Gasteiger partial charge in [0.25, 0.3) is 0 Å². The summed E-state index contributed by atoms with van der Waals surface area (Å²) in [6, 6.07) is 2.26. The number of rotatable bonds is 3. The first kappa shape index (κ1) is 12.8. The predicted octanol–water partition coefficient (Wildman–Crippen LogP) is 2.71. The molecule has 1 N–H and O–H groups in total. The molecule has 0 aromatic heterocycles. The van der Waals surface area contributed by atoms with Gasteiger partial charge in [0.1, 0.15) is 0 Å². The molecule has 1 aliphatic heterocycles. The van der Waals surface area contributed by atoms with Gasteiger partial charge in [0.15, 0.2) is 0 Å². The molecular formula is C12H20N2O2. The molecule has 1 heterocycles. The summed E-state index contributed by atoms with van der Waals surface area (Å²) >= 11 is 0. The standard InChI is InChI=1S/C12H20N2O2/c1-10(2)9-12(3-6-13)4-7-14(8-5-12)11(15)16/h10H,3-5,7-9H2,1-2H3,(H,15,16). The lowest BCUT2D eigenvalue weighted by Gasteiger charge is -2.40. The molecule has 0 aliphatic carbocycles. The van der Waals surface area contributed by atoms with Crippen LogP contribution in [-0.2, 0) is 0 Å². The Morgan fingerprint density at radius 3 is 2.44 bits per heavy atom. The van der Waals surface area contributed by atoms with Gasteiger partial charge in [-0.2, -0.15) is 5.26 Å². The van der Waals surface area contributed by atoms with Crippen molar-refractivity contribution in [3.8, 4) is 6.07 Å². The molecule has 0 saturated carbocycles. The number of nitrogens with zero attached hydrogens (tertiary/aromatic N) is 2. The Bertz CT molecular complexity index is 286. The van der Waals surface area contributed by atoms with E-state index in [0.29, 0.717) is 25.4 Å². The van der Waals surface area contributed by atoms with Crippen LogP contribution in [0.2, 0.25) is 0 Å². The largest absolute Gasteiger partial charge is 0.465 e. The number of carboxylic acid groups (broad SMARTS) is 1. The van der Waals surface area contributed by atoms with Crippen LogP contribution in [0.3, 0.4) is 0 Å². The topological polar surface area (TPSA) is 64.3 Å². The van der Waals surface area contributed by atoms with Gasteiger partial charge in [-0.1, -0.05) is 13.8 Å². The maximum Gasteiger partial charge on any atom is 0.407 e. The van der Waals surface area contributed by atoms with E-state index in [-0.39, 0.29) is 5.41 Å². The minimum Gasteiger partial charge on any atom is -0.465 e. The van der Waals surface area contributed by atoms with E-state index in [1.807, 2.05) is 0 Å². The Morgan fingerprint density at radius 1 is 1.50 bits per heavy atom. The van der Waals surface area contributed by atoms with Gasteiger partial charge >= 0.3 is 6.09 Å². The molecule has 0 spiro atoms. The number of hydrogen-bond donors (Lipinski definition) is 1. The summed E-state index contributed by atoms with van der Waals surface area (Å²) in [5, 5.41) is 17.8. The fraction of sp³-hybridized carbons (Fsp3) is 0.833. The molecule has 1 amide bonds. The van der Waals surface area contributed by atoms with Crippen molar-refractivity contribution in [3.63, 3.8) is 0 Å². The molecular weight excluding hydrogens is 204 g/mol. The summed E-state index contributed by atoms with van der Waals surface area (Å²) in [4.78, 5) is 12.3. The van der Waals surface area contributed by atoms with Crippen LogP contribution in [-0.4, -0.2) is 29.2 Å². The number of hydrogen-bond acceptors (Lipinski definition) is 2. The first-order chi connectivity index (χ1) is 7.49. The van der Waals surface area contributed by atoms with Gasteiger partial charge in [-0.05, 0) is 30.6 Å². The molecule has 4 heteroatoms. The van der Waals surface area contributed by atoms with Crippen molar-refractivity contribution >= 4 is 6.09 Å². The second-order valence-corrected chi connectivity index (χ2v) is 5.20. The van der Waals surface area contributed by atoms with E-state index in [2.05, 4.69) is 19.9 Å². The Labute approximate surface area is 96.9 Å². The van der Waals surface area contributed by atoms with Gasteiger partial charge in [0.05, 0.1) is 6.07 Å². The van der Waals surface area contributed by atoms with E-state index in [9.17, 15) is 4.79 Å². The van der Waals surface area contributed by atoms with Crippen molar-refractivity contribution in [1.82, 2.24) is 4.90 Å². The molecule has 1 saturated heterocycles. The smallest absolute Gasteiger partial charge is 0.407 e. The molecule has 1 fully saturated rings. The number of piperidine rings is 1. The van der Waals surface area contributed by atoms with Crippen molar-refractivity contribution in [2.45, 2.75) is 39.5 Å². The summed E-state index contributed by atoms with van der Waals surface area (Å²) in [6.45, 7) is 5.46. The van der Waals surface area contributed by atoms with Crippen molar-refractivity contribution in [2.24, 2.45) is 11.3 Å². The Balaban J connectivity index is 2.62. The second kappa shape index (κ2) is 5.20. The van der Waals surface area contributed by atoms with E-state index >= 15 is 0 Å². The summed E-state index contributed by atoms with van der Waals surface area (Å²) in [5.41, 5.74) is 0.0505. The third kappa shape index (κ3) is 3.13. The van der Waals surface area contributed by atoms with Crippen molar-refractivity contribution in [3.05, 3.63) is 0 Å². The molecule has 1 aliphatic rings. The van der Waals surface area contributed by atoms with E-state index in [4.69, 9.17) is 10.4 Å². The van der Waals surface area contributed by atoms with Crippen LogP contribution in [0.4, 0.5) is 4.79 Å². The maximum absolute atomic E-state index is 10.8. The number of nitriles is 1. The van der Waals surface area contributed by atoms with Crippen LogP contribution in [0.1, 0.15) is 39.5 Å². The van der Waals surface area contributed by atoms with Crippen molar-refractivity contribution in [2.75, 3.05) is 13.1 Å². The van der Waals surface area contributed by atoms with Crippen molar-refractivity contribution < 1.29 is 9.90 Å². The van der Waals surface area contributed by atoms with Gasteiger partial charge in [0, 0.05) is 19.5 Å². The van der Waals surface area contributed by atoms with E-state index in [0.717, 1.165) is 19.3 Å². The van der Waals surface area contributed by atoms with Gasteiger partial charge in [-0.25, -0.2) is 4.79 Å². The average molecular weight is 224 g/mol. The minimum atomic E-state index is -0.838. The molecule has 90 valence electrons. The summed E-state index contributed by atoms with van der Waals surface area (Å²) < 4.78 is 0. The summed E-state index contributed by atoms with van der Waals surface area (Å²) in [5.74, 6) is 0.560. The highest BCUT2D eigenvalue weighted by Crippen LogP contribution is 2.40. The quantitative estimate of drug-likeness (QED) is 0.801. The molecule has 0 aromatic rings. The van der Waals surface area contributed by atoms with Crippen LogP contribution in [0.5, 0.6) is 0 Å². The highest BCUT2D eigenvalue weighted by Gasteiger charge is 2.36. The average Bonchev–Trinajstić information content (AvgIpc) is 2.17. The minimum absolute atomic E-state index is 0.0505. The van der Waals surface area contributed by atoms with E-state index in [1.165, 1.54) is 4.90 Å². The normalized spacial score (nSPS) is 19.5. The predicted molar refractivity (Wildman–Crippen MR) is 60.9 cm³/mol. The lowest BCUT2D eigenvalue weighted by Crippen LogP contribution is -2.43. The Kier molecular flexibility index (Phi) is 4.17. The number of amides is 1. The van der Waals surface area contributed by atoms with E-state index < -0.39 is 6.09 Å². The molecule has 0 radical (unpaired) electrons. The second-order valence-electron chi connectivity index (χ2n) is 5.20. The molecule has 16 heavy (non-hydrogen) atoms. The molecule has 4 nitrogen and oxygen atoms in total. The molecule has 0 bridgehead atoms. The molecule has 0 atom stereocenters. The summed E-state index contributed by atoms with van der Waals surface area (Å²) in [7, 11) is 0. The van der Waals surface area contributed by atoms with Crippen LogP contribution < -0.4 is 0 Å².